The number of isocyanates is 1. The predicted molar refractivity (Wildman–Crippen MR) is 132 cm³/mol. The Morgan fingerprint density at radius 1 is 1.06 bits per heavy atom. The third-order valence-electron chi connectivity index (χ3n) is 5.74. The second kappa shape index (κ2) is 13.0. The molecule has 0 bridgehead atoms. The molecular formula is C27H28N2O7. The molecule has 1 amide bonds. The summed E-state index contributed by atoms with van der Waals surface area (Å²) in [6, 6.07) is 14.6. The normalized spacial score (nSPS) is 17.4. The number of nitrogens with one attached hydrogen (secondary N) is 1. The van der Waals surface area contributed by atoms with Crippen LogP contribution in [0.15, 0.2) is 65.7 Å². The molecule has 0 fully saturated rings. The van der Waals surface area contributed by atoms with Gasteiger partial charge in [-0.3, -0.25) is 14.9 Å². The zero-order valence-electron chi connectivity index (χ0n) is 19.9. The predicted octanol–water partition coefficient (Wildman–Crippen LogP) is 4.64. The minimum Gasteiger partial charge on any atom is -0.481 e. The molecule has 0 saturated carbocycles. The van der Waals surface area contributed by atoms with E-state index in [0.717, 1.165) is 11.1 Å². The van der Waals surface area contributed by atoms with Crippen LogP contribution in [0.1, 0.15) is 30.9 Å². The molecular weight excluding hydrogens is 464 g/mol. The highest BCUT2D eigenvalue weighted by Gasteiger charge is 2.34. The van der Waals surface area contributed by atoms with Crippen LogP contribution in [0, 0.1) is 17.8 Å². The van der Waals surface area contributed by atoms with E-state index in [9.17, 15) is 24.3 Å². The van der Waals surface area contributed by atoms with E-state index in [0.29, 0.717) is 30.6 Å². The average molecular weight is 493 g/mol. The van der Waals surface area contributed by atoms with Gasteiger partial charge >= 0.3 is 18.0 Å². The second-order valence-electron chi connectivity index (χ2n) is 8.68. The molecule has 36 heavy (non-hydrogen) atoms. The molecule has 2 aromatic carbocycles. The Labute approximate surface area is 208 Å². The number of aliphatic carboxylic acids is 1. The van der Waals surface area contributed by atoms with Gasteiger partial charge < -0.3 is 14.6 Å². The Bertz CT molecular complexity index is 1140. The summed E-state index contributed by atoms with van der Waals surface area (Å²) in [5.41, 5.74) is 3.20. The Hall–Kier alpha value is -4.23. The lowest BCUT2D eigenvalue weighted by molar-refractivity contribution is -0.157. The Balaban J connectivity index is 1.39. The van der Waals surface area contributed by atoms with Crippen LogP contribution in [0.3, 0.4) is 0 Å². The summed E-state index contributed by atoms with van der Waals surface area (Å²) in [5, 5.41) is 11.9. The zero-order valence-corrected chi connectivity index (χ0v) is 19.9. The van der Waals surface area contributed by atoms with Crippen LogP contribution < -0.4 is 5.32 Å². The van der Waals surface area contributed by atoms with Gasteiger partial charge in [0.2, 0.25) is 6.08 Å². The molecule has 1 aliphatic carbocycles. The number of hydrogen-bond acceptors (Lipinski definition) is 7. The first-order chi connectivity index (χ1) is 17.4. The van der Waals surface area contributed by atoms with E-state index >= 15 is 0 Å². The van der Waals surface area contributed by atoms with Crippen LogP contribution in [-0.4, -0.2) is 42.4 Å². The smallest absolute Gasteiger partial charge is 0.411 e. The molecule has 0 spiro atoms. The van der Waals surface area contributed by atoms with Crippen molar-refractivity contribution < 1.29 is 33.8 Å². The van der Waals surface area contributed by atoms with Gasteiger partial charge in [0.15, 0.2) is 0 Å². The summed E-state index contributed by atoms with van der Waals surface area (Å²) in [6.07, 6.45) is 5.95. The number of nitrogens with zero attached hydrogens (tertiary/aromatic N) is 1. The van der Waals surface area contributed by atoms with Gasteiger partial charge in [0.05, 0.1) is 30.7 Å². The van der Waals surface area contributed by atoms with Crippen LogP contribution >= 0.6 is 0 Å². The Morgan fingerprint density at radius 2 is 1.69 bits per heavy atom. The van der Waals surface area contributed by atoms with Gasteiger partial charge in [-0.05, 0) is 54.7 Å². The van der Waals surface area contributed by atoms with E-state index in [2.05, 4.69) is 10.3 Å². The highest BCUT2D eigenvalue weighted by Crippen LogP contribution is 2.26. The first-order valence-corrected chi connectivity index (χ1v) is 11.6. The van der Waals surface area contributed by atoms with Gasteiger partial charge in [-0.2, -0.15) is 4.99 Å². The number of carboxylic acids is 1. The van der Waals surface area contributed by atoms with Crippen molar-refractivity contribution in [1.82, 2.24) is 0 Å². The lowest BCUT2D eigenvalue weighted by Gasteiger charge is -2.23. The van der Waals surface area contributed by atoms with E-state index in [-0.39, 0.29) is 19.1 Å². The van der Waals surface area contributed by atoms with Crippen LogP contribution in [0.5, 0.6) is 0 Å². The Kier molecular flexibility index (Phi) is 9.54. The number of anilines is 1. The number of carboxylic acid groups (broad SMARTS) is 1. The summed E-state index contributed by atoms with van der Waals surface area (Å²) >= 11 is 0. The molecule has 0 heterocycles. The number of allylic oxidation sites excluding steroid dienone is 1. The van der Waals surface area contributed by atoms with Gasteiger partial charge in [0, 0.05) is 11.6 Å². The van der Waals surface area contributed by atoms with Crippen LogP contribution in [0.2, 0.25) is 0 Å². The largest absolute Gasteiger partial charge is 0.481 e. The molecule has 3 rings (SSSR count). The minimum atomic E-state index is -1.01. The van der Waals surface area contributed by atoms with Crippen molar-refractivity contribution in [2.24, 2.45) is 22.7 Å². The number of ether oxygens (including phenoxy) is 2. The summed E-state index contributed by atoms with van der Waals surface area (Å²) in [7, 11) is 0. The zero-order chi connectivity index (χ0) is 25.9. The highest BCUT2D eigenvalue weighted by molar-refractivity contribution is 5.84. The van der Waals surface area contributed by atoms with Crippen molar-refractivity contribution in [1.29, 1.82) is 0 Å². The van der Waals surface area contributed by atoms with E-state index < -0.39 is 29.9 Å². The molecule has 2 N–H and O–H groups in total. The molecule has 3 atom stereocenters. The van der Waals surface area contributed by atoms with Gasteiger partial charge in [0.1, 0.15) is 0 Å². The van der Waals surface area contributed by atoms with E-state index in [1.807, 2.05) is 24.3 Å². The Morgan fingerprint density at radius 3 is 2.33 bits per heavy atom. The molecule has 0 aliphatic heterocycles. The van der Waals surface area contributed by atoms with Crippen molar-refractivity contribution >= 4 is 35.5 Å². The molecule has 0 aromatic heterocycles. The minimum absolute atomic E-state index is 0.0139. The number of amides is 1. The van der Waals surface area contributed by atoms with Gasteiger partial charge in [-0.1, -0.05) is 43.3 Å². The fourth-order valence-electron chi connectivity index (χ4n) is 3.78. The summed E-state index contributed by atoms with van der Waals surface area (Å²) in [4.78, 5) is 49.6. The van der Waals surface area contributed by atoms with E-state index in [4.69, 9.17) is 9.47 Å². The lowest BCUT2D eigenvalue weighted by atomic mass is 9.84. The van der Waals surface area contributed by atoms with E-state index in [1.54, 1.807) is 43.3 Å². The topological polar surface area (TPSA) is 131 Å². The third kappa shape index (κ3) is 7.92. The first-order valence-electron chi connectivity index (χ1n) is 11.6. The van der Waals surface area contributed by atoms with Crippen molar-refractivity contribution in [3.05, 3.63) is 71.8 Å². The lowest BCUT2D eigenvalue weighted by Crippen LogP contribution is -2.32. The summed E-state index contributed by atoms with van der Waals surface area (Å²) < 4.78 is 10.5. The molecule has 3 unspecified atom stereocenters. The highest BCUT2D eigenvalue weighted by atomic mass is 16.6. The number of carbonyl (C=O) groups excluding carboxylic acids is 3. The average Bonchev–Trinajstić information content (AvgIpc) is 2.88. The van der Waals surface area contributed by atoms with Gasteiger partial charge in [-0.15, -0.1) is 0 Å². The van der Waals surface area contributed by atoms with Crippen molar-refractivity contribution in [3.63, 3.8) is 0 Å². The van der Waals surface area contributed by atoms with E-state index in [1.165, 1.54) is 6.08 Å². The number of benzene rings is 2. The van der Waals surface area contributed by atoms with Crippen LogP contribution in [-0.2, 0) is 30.3 Å². The SMILES string of the molecule is CC(COC(=O)Nc1ccc(Cc2ccc(N=C=O)cc2)cc1)COC(=O)C1C=CCCC1C(=O)O. The molecule has 9 heteroatoms. The second-order valence-corrected chi connectivity index (χ2v) is 8.68. The number of esters is 1. The monoisotopic (exact) mass is 492 g/mol. The number of hydrogen-bond donors (Lipinski definition) is 2. The number of aliphatic imine (C=N–C) groups is 1. The maximum atomic E-state index is 12.3. The van der Waals surface area contributed by atoms with Crippen molar-refractivity contribution in [3.8, 4) is 0 Å². The molecule has 1 aliphatic rings. The van der Waals surface area contributed by atoms with Crippen molar-refractivity contribution in [2.45, 2.75) is 26.2 Å². The first kappa shape index (κ1) is 26.4. The molecule has 0 saturated heterocycles. The van der Waals surface area contributed by atoms with Crippen LogP contribution in [0.25, 0.3) is 0 Å². The quantitative estimate of drug-likeness (QED) is 0.214. The van der Waals surface area contributed by atoms with Gasteiger partial charge in [-0.25, -0.2) is 9.59 Å². The molecule has 188 valence electrons. The fourth-order valence-corrected chi connectivity index (χ4v) is 3.78. The summed E-state index contributed by atoms with van der Waals surface area (Å²) in [5.74, 6) is -3.44. The van der Waals surface area contributed by atoms with Gasteiger partial charge in [0.25, 0.3) is 0 Å². The molecule has 9 nitrogen and oxygen atoms in total. The maximum absolute atomic E-state index is 12.3. The molecule has 2 aromatic rings. The summed E-state index contributed by atoms with van der Waals surface area (Å²) in [6.45, 7) is 1.81. The van der Waals surface area contributed by atoms with Crippen molar-refractivity contribution in [2.75, 3.05) is 18.5 Å². The molecule has 0 radical (unpaired) electrons. The third-order valence-corrected chi connectivity index (χ3v) is 5.74. The maximum Gasteiger partial charge on any atom is 0.411 e. The van der Waals surface area contributed by atoms with Crippen LogP contribution in [0.4, 0.5) is 16.2 Å². The number of rotatable bonds is 10. The number of carbonyl (C=O) groups is 3. The fraction of sp³-hybridized carbons (Fsp3) is 0.333. The standard InChI is InChI=1S/C27H28N2O7/c1-18(15-35-26(33)24-5-3-2-4-23(24)25(31)32)16-36-27(34)29-22-12-8-20(9-13-22)14-19-6-10-21(11-7-19)28-17-30/h3,5-13,18,23-24H,2,4,14-16H2,1H3,(H,29,34)(H,31,32).